The fraction of sp³-hybridized carbons (Fsp3) is 0.800. The first-order valence-electron chi connectivity index (χ1n) is 5.39. The lowest BCUT2D eigenvalue weighted by atomic mass is 9.99. The molecule has 0 spiro atoms. The monoisotopic (exact) mass is 210 g/mol. The Kier molecular flexibility index (Phi) is 3.33. The van der Waals surface area contributed by atoms with E-state index in [-0.39, 0.29) is 0 Å². The Morgan fingerprint density at radius 3 is 2.87 bits per heavy atom. The van der Waals surface area contributed by atoms with Gasteiger partial charge >= 0.3 is 0 Å². The van der Waals surface area contributed by atoms with Crippen molar-refractivity contribution < 1.29 is 4.74 Å². The first-order chi connectivity index (χ1) is 7.31. The minimum atomic E-state index is 0.717. The highest BCUT2D eigenvalue weighted by atomic mass is 16.5. The molecule has 5 heteroatoms. The predicted molar refractivity (Wildman–Crippen MR) is 56.7 cm³/mol. The Morgan fingerprint density at radius 1 is 1.47 bits per heavy atom. The maximum atomic E-state index is 5.08. The highest BCUT2D eigenvalue weighted by molar-refractivity contribution is 4.97. The van der Waals surface area contributed by atoms with Gasteiger partial charge in [-0.05, 0) is 25.9 Å². The van der Waals surface area contributed by atoms with Gasteiger partial charge in [0.2, 0.25) is 0 Å². The number of ether oxygens (including phenoxy) is 1. The highest BCUT2D eigenvalue weighted by Gasteiger charge is 2.20. The van der Waals surface area contributed by atoms with E-state index in [0.717, 1.165) is 50.2 Å². The van der Waals surface area contributed by atoms with Crippen LogP contribution in [0.2, 0.25) is 0 Å². The van der Waals surface area contributed by atoms with Gasteiger partial charge in [-0.1, -0.05) is 0 Å². The number of hydrogen-bond donors (Lipinski definition) is 1. The van der Waals surface area contributed by atoms with Crippen LogP contribution in [0.1, 0.15) is 11.6 Å². The summed E-state index contributed by atoms with van der Waals surface area (Å²) in [6.07, 6.45) is 1.03. The maximum Gasteiger partial charge on any atom is 0.133 e. The van der Waals surface area contributed by atoms with Crippen molar-refractivity contribution in [2.45, 2.75) is 19.9 Å². The van der Waals surface area contributed by atoms with Gasteiger partial charge in [-0.25, -0.2) is 0 Å². The number of nitrogens with one attached hydrogen (secondary N) is 1. The molecule has 0 bridgehead atoms. The van der Waals surface area contributed by atoms with Crippen molar-refractivity contribution in [2.75, 3.05) is 26.8 Å². The summed E-state index contributed by atoms with van der Waals surface area (Å²) in [5.41, 5.74) is 0. The van der Waals surface area contributed by atoms with E-state index in [1.165, 1.54) is 0 Å². The van der Waals surface area contributed by atoms with Crippen LogP contribution < -0.4 is 5.32 Å². The summed E-state index contributed by atoms with van der Waals surface area (Å²) in [5.74, 6) is 2.81. The second kappa shape index (κ2) is 4.72. The van der Waals surface area contributed by atoms with Crippen molar-refractivity contribution in [3.8, 4) is 0 Å². The molecule has 1 saturated heterocycles. The average molecular weight is 210 g/mol. The van der Waals surface area contributed by atoms with E-state index < -0.39 is 0 Å². The molecular formula is C10H18N4O. The number of methoxy groups -OCH3 is 1. The molecule has 0 unspecified atom stereocenters. The van der Waals surface area contributed by atoms with E-state index in [2.05, 4.69) is 20.1 Å². The smallest absolute Gasteiger partial charge is 0.133 e. The summed E-state index contributed by atoms with van der Waals surface area (Å²) in [6, 6.07) is 0. The molecule has 0 aliphatic carbocycles. The molecular weight excluding hydrogens is 192 g/mol. The van der Waals surface area contributed by atoms with Gasteiger partial charge < -0.3 is 14.6 Å². The van der Waals surface area contributed by atoms with E-state index in [1.54, 1.807) is 7.11 Å². The SMILES string of the molecule is COCCn1c(C)nnc1CC1CNC1. The molecule has 0 atom stereocenters. The number of aryl methyl sites for hydroxylation is 1. The van der Waals surface area contributed by atoms with Crippen LogP contribution in [0.3, 0.4) is 0 Å². The third kappa shape index (κ3) is 2.35. The summed E-state index contributed by atoms with van der Waals surface area (Å²) in [6.45, 7) is 5.77. The Bertz CT molecular complexity index is 319. The van der Waals surface area contributed by atoms with Gasteiger partial charge in [0.25, 0.3) is 0 Å². The molecule has 0 saturated carbocycles. The molecule has 2 heterocycles. The Balaban J connectivity index is 2.01. The lowest BCUT2D eigenvalue weighted by Crippen LogP contribution is -2.43. The van der Waals surface area contributed by atoms with Crippen molar-refractivity contribution in [1.29, 1.82) is 0 Å². The van der Waals surface area contributed by atoms with Gasteiger partial charge in [0, 0.05) is 20.1 Å². The summed E-state index contributed by atoms with van der Waals surface area (Å²) < 4.78 is 7.24. The summed E-state index contributed by atoms with van der Waals surface area (Å²) in [4.78, 5) is 0. The molecule has 0 amide bonds. The lowest BCUT2D eigenvalue weighted by molar-refractivity contribution is 0.185. The largest absolute Gasteiger partial charge is 0.383 e. The predicted octanol–water partition coefficient (Wildman–Crippen LogP) is -0.00518. The van der Waals surface area contributed by atoms with Crippen molar-refractivity contribution in [3.63, 3.8) is 0 Å². The van der Waals surface area contributed by atoms with Gasteiger partial charge in [0.05, 0.1) is 6.61 Å². The second-order valence-electron chi connectivity index (χ2n) is 4.04. The Labute approximate surface area is 89.8 Å². The molecule has 1 fully saturated rings. The molecule has 1 aliphatic heterocycles. The van der Waals surface area contributed by atoms with Crippen LogP contribution in [-0.4, -0.2) is 41.6 Å². The third-order valence-corrected chi connectivity index (χ3v) is 2.87. The highest BCUT2D eigenvalue weighted by Crippen LogP contribution is 2.12. The summed E-state index contributed by atoms with van der Waals surface area (Å²) >= 11 is 0. The summed E-state index contributed by atoms with van der Waals surface area (Å²) in [7, 11) is 1.72. The van der Waals surface area contributed by atoms with Crippen LogP contribution in [0.25, 0.3) is 0 Å². The van der Waals surface area contributed by atoms with Crippen LogP contribution in [0.4, 0.5) is 0 Å². The lowest BCUT2D eigenvalue weighted by Gasteiger charge is -2.26. The number of nitrogens with zero attached hydrogens (tertiary/aromatic N) is 3. The molecule has 1 N–H and O–H groups in total. The molecule has 1 aliphatic rings. The van der Waals surface area contributed by atoms with E-state index in [1.807, 2.05) is 6.92 Å². The van der Waals surface area contributed by atoms with Crippen molar-refractivity contribution >= 4 is 0 Å². The molecule has 84 valence electrons. The standard InChI is InChI=1S/C10H18N4O/c1-8-12-13-10(5-9-6-11-7-9)14(8)3-4-15-2/h9,11H,3-7H2,1-2H3. The topological polar surface area (TPSA) is 52.0 Å². The minimum Gasteiger partial charge on any atom is -0.383 e. The fourth-order valence-corrected chi connectivity index (χ4v) is 1.80. The van der Waals surface area contributed by atoms with E-state index in [9.17, 15) is 0 Å². The van der Waals surface area contributed by atoms with Crippen LogP contribution in [-0.2, 0) is 17.7 Å². The van der Waals surface area contributed by atoms with E-state index >= 15 is 0 Å². The average Bonchev–Trinajstić information content (AvgIpc) is 2.50. The Morgan fingerprint density at radius 2 is 2.27 bits per heavy atom. The molecule has 0 radical (unpaired) electrons. The first-order valence-corrected chi connectivity index (χ1v) is 5.39. The van der Waals surface area contributed by atoms with Gasteiger partial charge in [-0.15, -0.1) is 10.2 Å². The maximum absolute atomic E-state index is 5.08. The zero-order chi connectivity index (χ0) is 10.7. The van der Waals surface area contributed by atoms with E-state index in [0.29, 0.717) is 0 Å². The first kappa shape index (κ1) is 10.6. The second-order valence-corrected chi connectivity index (χ2v) is 4.04. The van der Waals surface area contributed by atoms with Gasteiger partial charge in [-0.3, -0.25) is 0 Å². The zero-order valence-electron chi connectivity index (χ0n) is 9.36. The molecule has 1 aromatic heterocycles. The zero-order valence-corrected chi connectivity index (χ0v) is 9.36. The number of rotatable bonds is 5. The van der Waals surface area contributed by atoms with Crippen molar-refractivity contribution in [1.82, 2.24) is 20.1 Å². The molecule has 15 heavy (non-hydrogen) atoms. The van der Waals surface area contributed by atoms with Crippen LogP contribution >= 0.6 is 0 Å². The molecule has 5 nitrogen and oxygen atoms in total. The fourth-order valence-electron chi connectivity index (χ4n) is 1.80. The quantitative estimate of drug-likeness (QED) is 0.743. The molecule has 1 aromatic rings. The number of aromatic nitrogens is 3. The minimum absolute atomic E-state index is 0.717. The van der Waals surface area contributed by atoms with Gasteiger partial charge in [0.15, 0.2) is 0 Å². The van der Waals surface area contributed by atoms with Crippen molar-refractivity contribution in [2.24, 2.45) is 5.92 Å². The van der Waals surface area contributed by atoms with Crippen LogP contribution in [0.5, 0.6) is 0 Å². The third-order valence-electron chi connectivity index (χ3n) is 2.87. The molecule has 2 rings (SSSR count). The normalized spacial score (nSPS) is 16.7. The van der Waals surface area contributed by atoms with Crippen LogP contribution in [0, 0.1) is 12.8 Å². The van der Waals surface area contributed by atoms with Gasteiger partial charge in [0.1, 0.15) is 11.6 Å². The molecule has 0 aromatic carbocycles. The van der Waals surface area contributed by atoms with Crippen molar-refractivity contribution in [3.05, 3.63) is 11.6 Å². The number of hydrogen-bond acceptors (Lipinski definition) is 4. The van der Waals surface area contributed by atoms with Crippen LogP contribution in [0.15, 0.2) is 0 Å². The Hall–Kier alpha value is -0.940. The summed E-state index contributed by atoms with van der Waals surface area (Å²) in [5, 5.41) is 11.6. The van der Waals surface area contributed by atoms with E-state index in [4.69, 9.17) is 4.74 Å². The van der Waals surface area contributed by atoms with Gasteiger partial charge in [-0.2, -0.15) is 0 Å².